The van der Waals surface area contributed by atoms with Crippen molar-refractivity contribution in [1.29, 1.82) is 0 Å². The van der Waals surface area contributed by atoms with E-state index in [1.165, 1.54) is 77.0 Å². The second kappa shape index (κ2) is 53.2. The van der Waals surface area contributed by atoms with E-state index in [2.05, 4.69) is 99.8 Å². The van der Waals surface area contributed by atoms with Gasteiger partial charge in [0.05, 0.1) is 0 Å². The van der Waals surface area contributed by atoms with E-state index in [4.69, 9.17) is 14.2 Å². The Morgan fingerprint density at radius 3 is 1.14 bits per heavy atom. The van der Waals surface area contributed by atoms with Gasteiger partial charge in [-0.2, -0.15) is 0 Å². The van der Waals surface area contributed by atoms with Gasteiger partial charge >= 0.3 is 17.9 Å². The number of ether oxygens (including phenoxy) is 3. The highest BCUT2D eigenvalue weighted by Crippen LogP contribution is 2.11. The maximum atomic E-state index is 12.8. The third-order valence-electron chi connectivity index (χ3n) is 10.5. The van der Waals surface area contributed by atoms with Crippen molar-refractivity contribution in [2.75, 3.05) is 13.2 Å². The molecule has 66 heavy (non-hydrogen) atoms. The molecular weight excluding hydrogens is 817 g/mol. The molecule has 0 amide bonds. The molecule has 0 bridgehead atoms. The van der Waals surface area contributed by atoms with Crippen LogP contribution in [0.15, 0.2) is 134 Å². The smallest absolute Gasteiger partial charge is 0.306 e. The molecule has 1 atom stereocenters. The van der Waals surface area contributed by atoms with E-state index in [1.54, 1.807) is 0 Å². The Kier molecular flexibility index (Phi) is 49.6. The normalized spacial score (nSPS) is 13.2. The van der Waals surface area contributed by atoms with Crippen molar-refractivity contribution >= 4 is 17.9 Å². The Morgan fingerprint density at radius 1 is 0.333 bits per heavy atom. The van der Waals surface area contributed by atoms with Gasteiger partial charge in [0.2, 0.25) is 0 Å². The Balaban J connectivity index is 4.61. The van der Waals surface area contributed by atoms with Crippen LogP contribution >= 0.6 is 0 Å². The lowest BCUT2D eigenvalue weighted by molar-refractivity contribution is -0.167. The number of esters is 3. The summed E-state index contributed by atoms with van der Waals surface area (Å²) in [5.41, 5.74) is 0. The third kappa shape index (κ3) is 50.5. The van der Waals surface area contributed by atoms with Gasteiger partial charge in [0, 0.05) is 19.3 Å². The Morgan fingerprint density at radius 2 is 0.667 bits per heavy atom. The molecule has 0 saturated heterocycles. The first-order valence-corrected chi connectivity index (χ1v) is 26.3. The lowest BCUT2D eigenvalue weighted by Gasteiger charge is -2.18. The van der Waals surface area contributed by atoms with E-state index in [1.807, 2.05) is 54.7 Å². The highest BCUT2D eigenvalue weighted by Gasteiger charge is 2.19. The summed E-state index contributed by atoms with van der Waals surface area (Å²) in [4.78, 5) is 38.0. The monoisotopic (exact) mass is 911 g/mol. The van der Waals surface area contributed by atoms with E-state index < -0.39 is 12.1 Å². The van der Waals surface area contributed by atoms with Gasteiger partial charge in [-0.25, -0.2) is 0 Å². The molecule has 0 aromatic rings. The molecule has 0 rings (SSSR count). The van der Waals surface area contributed by atoms with Crippen molar-refractivity contribution < 1.29 is 28.6 Å². The molecule has 370 valence electrons. The fraction of sp³-hybridized carbons (Fsp3) is 0.583. The highest BCUT2D eigenvalue weighted by atomic mass is 16.6. The quantitative estimate of drug-likeness (QED) is 0.0199. The van der Waals surface area contributed by atoms with Crippen LogP contribution in [0.1, 0.15) is 207 Å². The van der Waals surface area contributed by atoms with Crippen LogP contribution < -0.4 is 0 Å². The standard InChI is InChI=1S/C60H94O6/c1-4-7-10-13-16-19-22-25-27-29-31-32-35-38-41-44-47-50-53-59(62)65-56-57(55-64-58(61)52-49-46-43-40-37-34-24-21-18-15-12-9-6-3)66-60(63)54-51-48-45-42-39-36-33-30-28-26-23-20-17-14-11-8-5-2/h9,12,15,18,21-22,24-29,31-34,36-37,40,42-43,45,57H,4-8,10-11,13-14,16-17,19-20,23,30,35,38-39,41,44,46-56H2,1-3H3/b12-9-,18-15-,24-21-,25-22-,28-26-,29-27-,32-31-,36-33-,37-34-,43-40-,45-42-. The molecule has 0 aliphatic rings. The first-order valence-electron chi connectivity index (χ1n) is 26.3. The van der Waals surface area contributed by atoms with Crippen molar-refractivity contribution in [2.45, 2.75) is 213 Å². The van der Waals surface area contributed by atoms with Crippen molar-refractivity contribution in [2.24, 2.45) is 0 Å². The molecule has 6 nitrogen and oxygen atoms in total. The number of hydrogen-bond donors (Lipinski definition) is 0. The molecule has 0 aliphatic carbocycles. The summed E-state index contributed by atoms with van der Waals surface area (Å²) in [6.45, 7) is 6.32. The number of unbranched alkanes of at least 4 members (excludes halogenated alkanes) is 18. The predicted octanol–water partition coefficient (Wildman–Crippen LogP) is 17.5. The summed E-state index contributed by atoms with van der Waals surface area (Å²) in [5, 5.41) is 0. The minimum atomic E-state index is -0.847. The van der Waals surface area contributed by atoms with Crippen molar-refractivity contribution in [3.63, 3.8) is 0 Å². The Bertz CT molecular complexity index is 1460. The van der Waals surface area contributed by atoms with E-state index in [9.17, 15) is 14.4 Å². The van der Waals surface area contributed by atoms with Gasteiger partial charge < -0.3 is 14.2 Å². The highest BCUT2D eigenvalue weighted by molar-refractivity contribution is 5.71. The van der Waals surface area contributed by atoms with Gasteiger partial charge in [-0.05, 0) is 89.9 Å². The predicted molar refractivity (Wildman–Crippen MR) is 283 cm³/mol. The maximum absolute atomic E-state index is 12.8. The third-order valence-corrected chi connectivity index (χ3v) is 10.5. The van der Waals surface area contributed by atoms with Crippen LogP contribution in [-0.2, 0) is 28.6 Å². The average Bonchev–Trinajstić information content (AvgIpc) is 3.31. The van der Waals surface area contributed by atoms with Crippen LogP contribution in [0.3, 0.4) is 0 Å². The number of carbonyl (C=O) groups is 3. The van der Waals surface area contributed by atoms with E-state index in [0.29, 0.717) is 19.3 Å². The first-order chi connectivity index (χ1) is 32.5. The second-order valence-corrected chi connectivity index (χ2v) is 16.9. The average molecular weight is 911 g/mol. The molecule has 0 aromatic heterocycles. The van der Waals surface area contributed by atoms with Gasteiger partial charge in [0.25, 0.3) is 0 Å². The molecule has 0 saturated carbocycles. The zero-order valence-electron chi connectivity index (χ0n) is 42.1. The van der Waals surface area contributed by atoms with Gasteiger partial charge in [0.15, 0.2) is 6.10 Å². The summed E-state index contributed by atoms with van der Waals surface area (Å²) >= 11 is 0. The number of allylic oxidation sites excluding steroid dienone is 22. The summed E-state index contributed by atoms with van der Waals surface area (Å²) < 4.78 is 16.7. The van der Waals surface area contributed by atoms with Crippen LogP contribution in [0, 0.1) is 0 Å². The van der Waals surface area contributed by atoms with E-state index in [0.717, 1.165) is 77.0 Å². The summed E-state index contributed by atoms with van der Waals surface area (Å²) in [5.74, 6) is -1.09. The van der Waals surface area contributed by atoms with Crippen LogP contribution in [0.5, 0.6) is 0 Å². The number of rotatable bonds is 45. The Hall–Kier alpha value is -4.45. The van der Waals surface area contributed by atoms with E-state index >= 15 is 0 Å². The summed E-state index contributed by atoms with van der Waals surface area (Å²) in [6, 6.07) is 0. The lowest BCUT2D eigenvalue weighted by atomic mass is 10.1. The van der Waals surface area contributed by atoms with E-state index in [-0.39, 0.29) is 38.0 Å². The molecule has 0 spiro atoms. The van der Waals surface area contributed by atoms with Crippen LogP contribution in [0.4, 0.5) is 0 Å². The summed E-state index contributed by atoms with van der Waals surface area (Å²) in [7, 11) is 0. The van der Waals surface area contributed by atoms with Crippen LogP contribution in [0.2, 0.25) is 0 Å². The molecule has 6 heteroatoms. The summed E-state index contributed by atoms with van der Waals surface area (Å²) in [6.07, 6.45) is 74.5. The van der Waals surface area contributed by atoms with Gasteiger partial charge in [-0.1, -0.05) is 231 Å². The maximum Gasteiger partial charge on any atom is 0.306 e. The molecule has 1 unspecified atom stereocenters. The molecule has 0 heterocycles. The van der Waals surface area contributed by atoms with Crippen molar-refractivity contribution in [3.8, 4) is 0 Å². The number of hydrogen-bond acceptors (Lipinski definition) is 6. The molecule has 0 aromatic carbocycles. The van der Waals surface area contributed by atoms with Crippen molar-refractivity contribution in [3.05, 3.63) is 134 Å². The first kappa shape index (κ1) is 61.5. The lowest BCUT2D eigenvalue weighted by Crippen LogP contribution is -2.30. The zero-order valence-corrected chi connectivity index (χ0v) is 42.1. The van der Waals surface area contributed by atoms with Gasteiger partial charge in [-0.15, -0.1) is 0 Å². The zero-order chi connectivity index (χ0) is 47.9. The Labute approximate surface area is 405 Å². The minimum Gasteiger partial charge on any atom is -0.462 e. The van der Waals surface area contributed by atoms with Crippen molar-refractivity contribution in [1.82, 2.24) is 0 Å². The number of carbonyl (C=O) groups excluding carboxylic acids is 3. The second-order valence-electron chi connectivity index (χ2n) is 16.9. The molecule has 0 radical (unpaired) electrons. The minimum absolute atomic E-state index is 0.136. The molecule has 0 aliphatic heterocycles. The molecule has 0 N–H and O–H groups in total. The largest absolute Gasteiger partial charge is 0.462 e. The van der Waals surface area contributed by atoms with Gasteiger partial charge in [0.1, 0.15) is 13.2 Å². The van der Waals surface area contributed by atoms with Gasteiger partial charge in [-0.3, -0.25) is 14.4 Å². The van der Waals surface area contributed by atoms with Crippen LogP contribution in [0.25, 0.3) is 0 Å². The SMILES string of the molecule is CC\C=C/C=C\C=C/C=C\C=C/CCCC(=O)OCC(COC(=O)CCCCCCC\C=C/C=C\C=C/CCCCCCC)OC(=O)CCC/C=C\C/C=C\C/C=C\CCCCCCCC. The molecule has 0 fully saturated rings. The molecular formula is C60H94O6. The fourth-order valence-electron chi connectivity index (χ4n) is 6.61. The fourth-order valence-corrected chi connectivity index (χ4v) is 6.61. The topological polar surface area (TPSA) is 78.9 Å². The van der Waals surface area contributed by atoms with Crippen LogP contribution in [-0.4, -0.2) is 37.2 Å².